The molecular formula is C24H38O3. The maximum absolute atomic E-state index is 11.8. The monoisotopic (exact) mass is 374 g/mol. The molecule has 5 unspecified atom stereocenters. The van der Waals surface area contributed by atoms with Crippen molar-refractivity contribution >= 4 is 0 Å². The van der Waals surface area contributed by atoms with E-state index in [1.165, 1.54) is 12.8 Å². The van der Waals surface area contributed by atoms with E-state index in [0.29, 0.717) is 41.9 Å². The average Bonchev–Trinajstić information content (AvgIpc) is 3.49. The second kappa shape index (κ2) is 4.95. The van der Waals surface area contributed by atoms with Gasteiger partial charge >= 0.3 is 0 Å². The van der Waals surface area contributed by atoms with Gasteiger partial charge in [0.05, 0.1) is 17.3 Å². The maximum Gasteiger partial charge on any atom is 0.0759 e. The molecular weight excluding hydrogens is 336 g/mol. The second-order valence-electron chi connectivity index (χ2n) is 12.1. The van der Waals surface area contributed by atoms with Gasteiger partial charge in [-0.25, -0.2) is 0 Å². The van der Waals surface area contributed by atoms with Crippen LogP contribution in [0.5, 0.6) is 0 Å². The SMILES string of the molecule is CCC[C@]1(O)C2C[C@H]2C2C3C4C[C@H]4[C@]4(O)C[C@@H](O)CC[C@]4(C)C3CC[C@@]21C. The maximum atomic E-state index is 11.8. The largest absolute Gasteiger partial charge is 0.393 e. The summed E-state index contributed by atoms with van der Waals surface area (Å²) in [6.45, 7) is 7.02. The van der Waals surface area contributed by atoms with E-state index in [1.807, 2.05) is 0 Å². The Morgan fingerprint density at radius 1 is 0.889 bits per heavy atom. The Morgan fingerprint density at radius 3 is 2.33 bits per heavy atom. The smallest absolute Gasteiger partial charge is 0.0759 e. The van der Waals surface area contributed by atoms with Crippen molar-refractivity contribution in [2.24, 2.45) is 52.3 Å². The van der Waals surface area contributed by atoms with Crippen molar-refractivity contribution in [2.75, 3.05) is 0 Å². The Kier molecular flexibility index (Phi) is 3.25. The van der Waals surface area contributed by atoms with Gasteiger partial charge < -0.3 is 15.3 Å². The van der Waals surface area contributed by atoms with Gasteiger partial charge in [-0.2, -0.15) is 0 Å². The predicted octanol–water partition coefficient (Wildman–Crippen LogP) is 3.75. The van der Waals surface area contributed by atoms with Crippen LogP contribution in [0.3, 0.4) is 0 Å². The van der Waals surface area contributed by atoms with Crippen molar-refractivity contribution in [1.29, 1.82) is 0 Å². The van der Waals surface area contributed by atoms with E-state index in [1.54, 1.807) is 0 Å². The fraction of sp³-hybridized carbons (Fsp3) is 1.00. The van der Waals surface area contributed by atoms with Crippen LogP contribution in [-0.4, -0.2) is 32.6 Å². The number of aliphatic hydroxyl groups excluding tert-OH is 1. The minimum atomic E-state index is -0.647. The highest BCUT2D eigenvalue weighted by atomic mass is 16.3. The van der Waals surface area contributed by atoms with Gasteiger partial charge in [0.25, 0.3) is 0 Å². The zero-order chi connectivity index (χ0) is 19.0. The molecule has 6 rings (SSSR count). The van der Waals surface area contributed by atoms with E-state index in [-0.39, 0.29) is 16.9 Å². The molecule has 152 valence electrons. The first-order chi connectivity index (χ1) is 12.7. The van der Waals surface area contributed by atoms with Crippen molar-refractivity contribution < 1.29 is 15.3 Å². The third-order valence-corrected chi connectivity index (χ3v) is 11.4. The summed E-state index contributed by atoms with van der Waals surface area (Å²) in [5.74, 6) is 4.29. The number of aliphatic hydroxyl groups is 3. The lowest BCUT2D eigenvalue weighted by Crippen LogP contribution is -2.65. The van der Waals surface area contributed by atoms with Gasteiger partial charge in [-0.05, 0) is 97.2 Å². The van der Waals surface area contributed by atoms with Crippen LogP contribution in [0.1, 0.15) is 78.6 Å². The number of hydrogen-bond acceptors (Lipinski definition) is 3. The molecule has 6 fully saturated rings. The standard InChI is InChI=1S/C24H38O3/c1-4-7-23(26)18-11-15(18)20-19-14-10-17(14)24(27)12-13(25)5-8-21(24,2)16(19)6-9-22(20,23)3/h13-20,25-27H,4-12H2,1-3H3/t13-,14?,15+,16?,17+,18?,19?,20?,21+,22-,23-,24+/m0/s1. The van der Waals surface area contributed by atoms with Crippen molar-refractivity contribution in [3.8, 4) is 0 Å². The van der Waals surface area contributed by atoms with Gasteiger partial charge in [0.2, 0.25) is 0 Å². The highest BCUT2D eigenvalue weighted by Crippen LogP contribution is 2.82. The summed E-state index contributed by atoms with van der Waals surface area (Å²) in [5, 5.41) is 34.0. The van der Waals surface area contributed by atoms with E-state index in [0.717, 1.165) is 44.4 Å². The molecule has 0 heterocycles. The van der Waals surface area contributed by atoms with Crippen molar-refractivity contribution in [1.82, 2.24) is 0 Å². The molecule has 0 saturated heterocycles. The summed E-state index contributed by atoms with van der Waals surface area (Å²) >= 11 is 0. The normalized spacial score (nSPS) is 68.2. The minimum absolute atomic E-state index is 0.0360. The van der Waals surface area contributed by atoms with E-state index in [2.05, 4.69) is 20.8 Å². The van der Waals surface area contributed by atoms with E-state index >= 15 is 0 Å². The minimum Gasteiger partial charge on any atom is -0.393 e. The second-order valence-corrected chi connectivity index (χ2v) is 12.1. The molecule has 0 aromatic heterocycles. The Morgan fingerprint density at radius 2 is 1.59 bits per heavy atom. The molecule has 0 bridgehead atoms. The van der Waals surface area contributed by atoms with Gasteiger partial charge in [0.1, 0.15) is 0 Å². The van der Waals surface area contributed by atoms with Gasteiger partial charge in [-0.3, -0.25) is 0 Å². The lowest BCUT2D eigenvalue weighted by Gasteiger charge is -2.64. The van der Waals surface area contributed by atoms with Gasteiger partial charge in [-0.1, -0.05) is 27.2 Å². The third kappa shape index (κ3) is 1.79. The van der Waals surface area contributed by atoms with Gasteiger partial charge in [0, 0.05) is 6.42 Å². The van der Waals surface area contributed by atoms with Crippen molar-refractivity contribution in [3.05, 3.63) is 0 Å². The summed E-state index contributed by atoms with van der Waals surface area (Å²) in [5.41, 5.74) is -1.04. The third-order valence-electron chi connectivity index (χ3n) is 11.4. The Bertz CT molecular complexity index is 679. The van der Waals surface area contributed by atoms with Crippen LogP contribution in [0.4, 0.5) is 0 Å². The summed E-state index contributed by atoms with van der Waals surface area (Å²) in [4.78, 5) is 0. The molecule has 3 N–H and O–H groups in total. The highest BCUT2D eigenvalue weighted by molar-refractivity contribution is 5.29. The molecule has 3 nitrogen and oxygen atoms in total. The van der Waals surface area contributed by atoms with Crippen LogP contribution in [0.25, 0.3) is 0 Å². The molecule has 0 spiro atoms. The zero-order valence-electron chi connectivity index (χ0n) is 17.3. The summed E-state index contributed by atoms with van der Waals surface area (Å²) in [6.07, 6.45) is 8.88. The molecule has 3 heteroatoms. The molecule has 0 radical (unpaired) electrons. The van der Waals surface area contributed by atoms with E-state index in [9.17, 15) is 15.3 Å². The fourth-order valence-corrected chi connectivity index (χ4v) is 10.1. The zero-order valence-corrected chi connectivity index (χ0v) is 17.3. The van der Waals surface area contributed by atoms with Crippen LogP contribution >= 0.6 is 0 Å². The molecule has 0 amide bonds. The number of rotatable bonds is 2. The number of fused-ring (bicyclic) bond motifs is 10. The molecule has 0 aliphatic heterocycles. The van der Waals surface area contributed by atoms with Crippen molar-refractivity contribution in [3.63, 3.8) is 0 Å². The van der Waals surface area contributed by atoms with Gasteiger partial charge in [0.15, 0.2) is 0 Å². The summed E-state index contributed by atoms with van der Waals surface area (Å²) < 4.78 is 0. The topological polar surface area (TPSA) is 60.7 Å². The average molecular weight is 375 g/mol. The first-order valence-electron chi connectivity index (χ1n) is 11.8. The lowest BCUT2D eigenvalue weighted by atomic mass is 9.42. The Hall–Kier alpha value is -0.120. The number of hydrogen-bond donors (Lipinski definition) is 3. The van der Waals surface area contributed by atoms with Crippen LogP contribution in [0.2, 0.25) is 0 Å². The molecule has 12 atom stereocenters. The van der Waals surface area contributed by atoms with E-state index < -0.39 is 11.2 Å². The van der Waals surface area contributed by atoms with Crippen LogP contribution in [-0.2, 0) is 0 Å². The predicted molar refractivity (Wildman–Crippen MR) is 104 cm³/mol. The van der Waals surface area contributed by atoms with Gasteiger partial charge in [-0.15, -0.1) is 0 Å². The van der Waals surface area contributed by atoms with Crippen LogP contribution in [0.15, 0.2) is 0 Å². The summed E-state index contributed by atoms with van der Waals surface area (Å²) in [7, 11) is 0. The molecule has 0 aromatic carbocycles. The molecule has 6 saturated carbocycles. The highest BCUT2D eigenvalue weighted by Gasteiger charge is 2.80. The van der Waals surface area contributed by atoms with Crippen LogP contribution < -0.4 is 0 Å². The fourth-order valence-electron chi connectivity index (χ4n) is 10.1. The summed E-state index contributed by atoms with van der Waals surface area (Å²) in [6, 6.07) is 0. The molecule has 0 aromatic rings. The molecule has 27 heavy (non-hydrogen) atoms. The Balaban J connectivity index is 1.41. The molecule has 6 aliphatic rings. The van der Waals surface area contributed by atoms with E-state index in [4.69, 9.17) is 0 Å². The Labute approximate surface area is 163 Å². The quantitative estimate of drug-likeness (QED) is 0.690. The van der Waals surface area contributed by atoms with Crippen LogP contribution in [0, 0.1) is 52.3 Å². The molecule has 6 aliphatic carbocycles. The first-order valence-corrected chi connectivity index (χ1v) is 11.8. The lowest BCUT2D eigenvalue weighted by molar-refractivity contribution is -0.237. The first kappa shape index (κ1) is 17.7. The van der Waals surface area contributed by atoms with Crippen molar-refractivity contribution in [2.45, 2.75) is 95.9 Å².